The van der Waals surface area contributed by atoms with Crippen LogP contribution < -0.4 is 14.8 Å². The van der Waals surface area contributed by atoms with Gasteiger partial charge in [-0.15, -0.1) is 0 Å². The number of nitrogens with one attached hydrogen (secondary N) is 1. The number of aliphatic hydroxyl groups excluding tert-OH is 4. The van der Waals surface area contributed by atoms with E-state index >= 15 is 0 Å². The Morgan fingerprint density at radius 3 is 1.12 bits per heavy atom. The predicted molar refractivity (Wildman–Crippen MR) is 376 cm³/mol. The molecular formula is C79H103F8N7O6. The van der Waals surface area contributed by atoms with Crippen molar-refractivity contribution in [1.29, 1.82) is 0 Å². The minimum absolute atomic E-state index is 0.0544. The second-order valence-corrected chi connectivity index (χ2v) is 28.7. The van der Waals surface area contributed by atoms with Gasteiger partial charge >= 0.3 is 12.4 Å². The van der Waals surface area contributed by atoms with Gasteiger partial charge in [0.15, 0.2) is 0 Å². The highest BCUT2D eigenvalue weighted by Crippen LogP contribution is 2.44. The number of rotatable bonds is 26. The summed E-state index contributed by atoms with van der Waals surface area (Å²) < 4.78 is 121. The molecule has 0 spiro atoms. The summed E-state index contributed by atoms with van der Waals surface area (Å²) in [7, 11) is 0. The van der Waals surface area contributed by atoms with E-state index in [-0.39, 0.29) is 44.0 Å². The van der Waals surface area contributed by atoms with Crippen LogP contribution in [0.5, 0.6) is 11.5 Å². The number of nitrogens with zero attached hydrogens (tertiary/aromatic N) is 6. The summed E-state index contributed by atoms with van der Waals surface area (Å²) in [5, 5.41) is 41.3. The number of benzene rings is 6. The molecule has 13 nitrogen and oxygen atoms in total. The van der Waals surface area contributed by atoms with Crippen LogP contribution in [0.25, 0.3) is 0 Å². The van der Waals surface area contributed by atoms with Crippen LogP contribution in [0.3, 0.4) is 0 Å². The molecule has 12 rings (SSSR count). The predicted octanol–water partition coefficient (Wildman–Crippen LogP) is 13.6. The van der Waals surface area contributed by atoms with E-state index in [0.717, 1.165) is 155 Å². The molecule has 6 aromatic carbocycles. The molecular weight excluding hydrogens is 1290 g/mol. The van der Waals surface area contributed by atoms with Crippen LogP contribution >= 0.6 is 0 Å². The van der Waals surface area contributed by atoms with Crippen LogP contribution in [-0.2, 0) is 39.1 Å². The lowest BCUT2D eigenvalue weighted by molar-refractivity contribution is -0.156. The van der Waals surface area contributed by atoms with Crippen molar-refractivity contribution in [1.82, 2.24) is 29.4 Å². The van der Waals surface area contributed by atoms with Gasteiger partial charge in [0.2, 0.25) is 0 Å². The summed E-state index contributed by atoms with van der Waals surface area (Å²) in [5.41, 5.74) is 11.7. The minimum atomic E-state index is -4.29. The van der Waals surface area contributed by atoms with Gasteiger partial charge in [0.1, 0.15) is 31.3 Å². The summed E-state index contributed by atoms with van der Waals surface area (Å²) in [6, 6.07) is 38.4. The minimum Gasteiger partial charge on any atom is -0.492 e. The van der Waals surface area contributed by atoms with E-state index in [2.05, 4.69) is 40.8 Å². The first kappa shape index (κ1) is 76.4. The van der Waals surface area contributed by atoms with Crippen LogP contribution in [0.4, 0.5) is 40.8 Å². The van der Waals surface area contributed by atoms with E-state index in [1.165, 1.54) is 30.6 Å². The maximum absolute atomic E-state index is 14.3. The summed E-state index contributed by atoms with van der Waals surface area (Å²) in [4.78, 5) is 12.1. The van der Waals surface area contributed by atoms with Crippen molar-refractivity contribution in [3.8, 4) is 11.5 Å². The molecule has 0 aliphatic carbocycles. The van der Waals surface area contributed by atoms with Crippen molar-refractivity contribution < 1.29 is 65.0 Å². The average Bonchev–Trinajstić information content (AvgIpc) is 0.774. The lowest BCUT2D eigenvalue weighted by atomic mass is 9.84. The zero-order valence-electron chi connectivity index (χ0n) is 58.8. The van der Waals surface area contributed by atoms with Gasteiger partial charge in [0, 0.05) is 76.2 Å². The van der Waals surface area contributed by atoms with Crippen molar-refractivity contribution >= 4 is 5.69 Å². The molecule has 3 fully saturated rings. The van der Waals surface area contributed by atoms with Crippen molar-refractivity contribution in [2.24, 2.45) is 11.8 Å². The van der Waals surface area contributed by atoms with Gasteiger partial charge < -0.3 is 35.2 Å². The lowest BCUT2D eigenvalue weighted by Gasteiger charge is -2.43. The Morgan fingerprint density at radius 1 is 0.440 bits per heavy atom. The number of anilines is 1. The third-order valence-electron chi connectivity index (χ3n) is 21.0. The number of unbranched alkanes of at least 4 members (excludes halogenated alkanes) is 1. The molecule has 6 aliphatic heterocycles. The van der Waals surface area contributed by atoms with E-state index in [0.29, 0.717) is 38.5 Å². The fourth-order valence-corrected chi connectivity index (χ4v) is 15.3. The Morgan fingerprint density at radius 2 is 0.790 bits per heavy atom. The number of hydrogen-bond donors (Lipinski definition) is 5. The van der Waals surface area contributed by atoms with Crippen LogP contribution in [0.1, 0.15) is 152 Å². The number of ether oxygens (including phenoxy) is 2. The van der Waals surface area contributed by atoms with Gasteiger partial charge in [-0.1, -0.05) is 131 Å². The van der Waals surface area contributed by atoms with Crippen molar-refractivity contribution in [2.45, 2.75) is 167 Å². The summed E-state index contributed by atoms with van der Waals surface area (Å²) in [6.45, 7) is 19.2. The van der Waals surface area contributed by atoms with Crippen LogP contribution in [0.2, 0.25) is 0 Å². The molecule has 21 heteroatoms. The van der Waals surface area contributed by atoms with E-state index in [4.69, 9.17) is 9.47 Å². The number of aliphatic hydroxyl groups is 4. The van der Waals surface area contributed by atoms with Gasteiger partial charge in [0.05, 0.1) is 63.6 Å². The number of alkyl halides is 8. The van der Waals surface area contributed by atoms with Gasteiger partial charge in [0.25, 0.3) is 5.92 Å². The number of halogens is 8. The van der Waals surface area contributed by atoms with Crippen molar-refractivity contribution in [2.75, 3.05) is 104 Å². The van der Waals surface area contributed by atoms with E-state index in [9.17, 15) is 55.5 Å². The van der Waals surface area contributed by atoms with Crippen molar-refractivity contribution in [3.05, 3.63) is 194 Å². The first-order valence-electron chi connectivity index (χ1n) is 35.9. The molecule has 0 saturated carbocycles. The van der Waals surface area contributed by atoms with Gasteiger partial charge in [-0.05, 0) is 168 Å². The van der Waals surface area contributed by atoms with Crippen LogP contribution in [-0.4, -0.2) is 191 Å². The zero-order chi connectivity index (χ0) is 71.5. The van der Waals surface area contributed by atoms with Crippen LogP contribution in [0, 0.1) is 11.8 Å². The fourth-order valence-electron chi connectivity index (χ4n) is 15.3. The van der Waals surface area contributed by atoms with Gasteiger partial charge in [-0.2, -0.15) is 26.3 Å². The second-order valence-electron chi connectivity index (χ2n) is 28.7. The zero-order valence-corrected chi connectivity index (χ0v) is 58.8. The molecule has 546 valence electrons. The Labute approximate surface area is 585 Å². The van der Waals surface area contributed by atoms with E-state index < -0.39 is 56.6 Å². The van der Waals surface area contributed by atoms with Gasteiger partial charge in [-0.25, -0.2) is 8.78 Å². The van der Waals surface area contributed by atoms with E-state index in [1.54, 1.807) is 15.9 Å². The first-order valence-corrected chi connectivity index (χ1v) is 35.9. The highest BCUT2D eigenvalue weighted by Gasteiger charge is 2.44. The molecule has 0 radical (unpaired) electrons. The molecule has 0 bridgehead atoms. The third-order valence-corrected chi connectivity index (χ3v) is 21.0. The van der Waals surface area contributed by atoms with Gasteiger partial charge in [-0.3, -0.25) is 29.4 Å². The first-order chi connectivity index (χ1) is 47.9. The largest absolute Gasteiger partial charge is 0.492 e. The Hall–Kier alpha value is -6.24. The lowest BCUT2D eigenvalue weighted by Crippen LogP contribution is -2.54. The summed E-state index contributed by atoms with van der Waals surface area (Å²) in [6.07, 6.45) is -2.03. The highest BCUT2D eigenvalue weighted by molar-refractivity contribution is 5.51. The maximum Gasteiger partial charge on any atom is 0.401 e. The molecule has 6 aliphatic rings. The molecule has 5 N–H and O–H groups in total. The van der Waals surface area contributed by atoms with E-state index in [1.807, 2.05) is 142 Å². The number of fused-ring (bicyclic) bond motifs is 3. The Balaban J connectivity index is 0.000000162. The Bertz CT molecular complexity index is 3530. The molecule has 6 aromatic rings. The quantitative estimate of drug-likeness (QED) is 0.0331. The monoisotopic (exact) mass is 1400 g/mol. The molecule has 0 aromatic heterocycles. The van der Waals surface area contributed by atoms with Crippen molar-refractivity contribution in [3.63, 3.8) is 0 Å². The molecule has 6 heterocycles. The standard InChI is InChI=1S/C27H36F2N2O3.C26H34F3N3O.C26H33F3N2O2/c1-3-20-14-30(15-20)10-11-34-24-7-5-22(6-8-24)26-25-9-4-21(16-32)13-23(25)12-19(2)31(26)17-27(28,29)18-33;1-3-4-11-31-14-23(15-31)30-22-8-6-20(7-9-22)25-24-10-5-19(16-33)13-21(24)12-18(2)32(25)17-26(27,28)29;1-3-19-14-30(15-19)10-11-33-23-7-5-21(6-8-23)25-24-9-4-20(16-32)13-22(24)12-18(2)31(25)17-26(27,28)29/h4-9,13,19-20,26,32-33H,3,10-12,14-18H2,1-2H3;5-10,13,18,23,25,30,33H,3-4,11-12,14-17H2,1-2H3;4-9,13,18-19,25,32H,3,10-12,14-17H2,1-2H3/t19-,26+;2*18-,25-/m110/s1. The maximum atomic E-state index is 14.3. The topological polar surface area (TPSA) is 131 Å². The average molecular weight is 1400 g/mol. The third kappa shape index (κ3) is 19.9. The molecule has 6 atom stereocenters. The molecule has 100 heavy (non-hydrogen) atoms. The number of likely N-dealkylation sites (tertiary alicyclic amines) is 3. The normalized spacial score (nSPS) is 22.0. The molecule has 0 unspecified atom stereocenters. The number of hydrogen-bond acceptors (Lipinski definition) is 13. The smallest absolute Gasteiger partial charge is 0.401 e. The fraction of sp³-hybridized carbons (Fsp3) is 0.544. The molecule has 0 amide bonds. The molecule has 3 saturated heterocycles. The van der Waals surface area contributed by atoms with Crippen LogP contribution in [0.15, 0.2) is 127 Å². The SMILES string of the molecule is CCC1CN(CCOc2ccc([C@H]3c4ccc(CO)cc4C[C@@H](C)N3CC(F)(F)CO)cc2)C1.CCC1CN(CCOc2ccc([C@H]3c4ccc(CO)cc4C[C@H](C)N3CC(F)(F)F)cc2)C1.CCCCN1CC(Nc2ccc([C@@H]3c4ccc(CO)cc4C[C@@H](C)N3CC(F)(F)F)cc2)C1. The Kier molecular flexibility index (Phi) is 26.3. The summed E-state index contributed by atoms with van der Waals surface area (Å²) in [5.74, 6) is -0.0735. The second kappa shape index (κ2) is 34.4. The highest BCUT2D eigenvalue weighted by atomic mass is 19.4. The summed E-state index contributed by atoms with van der Waals surface area (Å²) >= 11 is 0.